The lowest BCUT2D eigenvalue weighted by Gasteiger charge is -2.34. The summed E-state index contributed by atoms with van der Waals surface area (Å²) in [6.07, 6.45) is 0. The molecule has 1 aromatic heterocycles. The standard InChI is InChI=1S/C20H24N2O4S/c1-3-26-14-16-13-15(6-7-17(16)25-2)19(23)21-8-10-22(11-9-21)20(24)18-5-4-12-27-18/h4-7,12-13H,3,8-11,14H2,1-2H3. The monoisotopic (exact) mass is 388 g/mol. The molecule has 1 aromatic carbocycles. The van der Waals surface area contributed by atoms with Gasteiger partial charge in [-0.25, -0.2) is 0 Å². The lowest BCUT2D eigenvalue weighted by molar-refractivity contribution is 0.0538. The van der Waals surface area contributed by atoms with E-state index >= 15 is 0 Å². The lowest BCUT2D eigenvalue weighted by atomic mass is 10.1. The van der Waals surface area contributed by atoms with Crippen molar-refractivity contribution in [2.45, 2.75) is 13.5 Å². The van der Waals surface area contributed by atoms with Gasteiger partial charge in [-0.1, -0.05) is 6.07 Å². The maximum Gasteiger partial charge on any atom is 0.264 e. The number of methoxy groups -OCH3 is 1. The van der Waals surface area contributed by atoms with Crippen molar-refractivity contribution in [1.29, 1.82) is 0 Å². The van der Waals surface area contributed by atoms with E-state index in [2.05, 4.69) is 0 Å². The first-order valence-corrected chi connectivity index (χ1v) is 9.88. The Morgan fingerprint density at radius 1 is 1.07 bits per heavy atom. The van der Waals surface area contributed by atoms with E-state index in [1.54, 1.807) is 24.1 Å². The van der Waals surface area contributed by atoms with Crippen LogP contribution in [0.15, 0.2) is 35.7 Å². The van der Waals surface area contributed by atoms with Crippen LogP contribution in [0.3, 0.4) is 0 Å². The van der Waals surface area contributed by atoms with Gasteiger partial charge in [0.25, 0.3) is 11.8 Å². The largest absolute Gasteiger partial charge is 0.496 e. The Labute approximate surface area is 163 Å². The molecular formula is C20H24N2O4S. The zero-order chi connectivity index (χ0) is 19.2. The van der Waals surface area contributed by atoms with Gasteiger partial charge in [0.1, 0.15) is 5.75 Å². The summed E-state index contributed by atoms with van der Waals surface area (Å²) in [5.41, 5.74) is 1.47. The molecule has 1 aliphatic rings. The van der Waals surface area contributed by atoms with Crippen LogP contribution in [0.2, 0.25) is 0 Å². The Bertz CT molecular complexity index is 783. The molecule has 2 aromatic rings. The van der Waals surface area contributed by atoms with Crippen LogP contribution in [-0.4, -0.2) is 61.5 Å². The number of benzene rings is 1. The number of ether oxygens (including phenoxy) is 2. The van der Waals surface area contributed by atoms with Crippen molar-refractivity contribution in [2.24, 2.45) is 0 Å². The number of nitrogens with zero attached hydrogens (tertiary/aromatic N) is 2. The fraction of sp³-hybridized carbons (Fsp3) is 0.400. The van der Waals surface area contributed by atoms with Crippen molar-refractivity contribution in [3.8, 4) is 5.75 Å². The maximum atomic E-state index is 12.9. The molecule has 6 nitrogen and oxygen atoms in total. The summed E-state index contributed by atoms with van der Waals surface area (Å²) < 4.78 is 10.8. The normalized spacial score (nSPS) is 14.3. The van der Waals surface area contributed by atoms with Crippen LogP contribution in [0, 0.1) is 0 Å². The number of hydrogen-bond acceptors (Lipinski definition) is 5. The number of hydrogen-bond donors (Lipinski definition) is 0. The molecule has 0 aliphatic carbocycles. The Morgan fingerprint density at radius 2 is 1.78 bits per heavy atom. The van der Waals surface area contributed by atoms with E-state index in [1.807, 2.05) is 35.4 Å². The minimum atomic E-state index is -0.0291. The van der Waals surface area contributed by atoms with Gasteiger partial charge >= 0.3 is 0 Å². The number of amides is 2. The molecule has 1 fully saturated rings. The summed E-state index contributed by atoms with van der Waals surface area (Å²) in [5.74, 6) is 0.727. The molecule has 0 saturated carbocycles. The summed E-state index contributed by atoms with van der Waals surface area (Å²) >= 11 is 1.44. The number of piperazine rings is 1. The second-order valence-corrected chi connectivity index (χ2v) is 7.17. The van der Waals surface area contributed by atoms with Gasteiger partial charge in [0.15, 0.2) is 0 Å². The maximum absolute atomic E-state index is 12.9. The first-order valence-electron chi connectivity index (χ1n) is 9.00. The zero-order valence-corrected chi connectivity index (χ0v) is 16.5. The summed E-state index contributed by atoms with van der Waals surface area (Å²) in [7, 11) is 1.61. The van der Waals surface area contributed by atoms with Crippen LogP contribution in [0.5, 0.6) is 5.75 Å². The third kappa shape index (κ3) is 4.48. The Kier molecular flexibility index (Phi) is 6.47. The SMILES string of the molecule is CCOCc1cc(C(=O)N2CCN(C(=O)c3cccs3)CC2)ccc1OC. The first kappa shape index (κ1) is 19.4. The van der Waals surface area contributed by atoms with E-state index in [0.29, 0.717) is 50.7 Å². The predicted octanol–water partition coefficient (Wildman–Crippen LogP) is 2.89. The van der Waals surface area contributed by atoms with E-state index < -0.39 is 0 Å². The van der Waals surface area contributed by atoms with Gasteiger partial charge in [0.05, 0.1) is 18.6 Å². The number of thiophene rings is 1. The van der Waals surface area contributed by atoms with Crippen LogP contribution in [0.1, 0.15) is 32.5 Å². The molecule has 2 heterocycles. The van der Waals surface area contributed by atoms with Gasteiger partial charge in [-0.05, 0) is 36.6 Å². The highest BCUT2D eigenvalue weighted by molar-refractivity contribution is 7.12. The predicted molar refractivity (Wildman–Crippen MR) is 104 cm³/mol. The van der Waals surface area contributed by atoms with Crippen LogP contribution in [0.4, 0.5) is 0 Å². The van der Waals surface area contributed by atoms with Crippen LogP contribution >= 0.6 is 11.3 Å². The van der Waals surface area contributed by atoms with Crippen molar-refractivity contribution in [2.75, 3.05) is 39.9 Å². The minimum Gasteiger partial charge on any atom is -0.496 e. The lowest BCUT2D eigenvalue weighted by Crippen LogP contribution is -2.50. The van der Waals surface area contributed by atoms with E-state index in [0.717, 1.165) is 10.4 Å². The van der Waals surface area contributed by atoms with Crippen molar-refractivity contribution < 1.29 is 19.1 Å². The molecule has 2 amide bonds. The smallest absolute Gasteiger partial charge is 0.264 e. The molecular weight excluding hydrogens is 364 g/mol. The van der Waals surface area contributed by atoms with Gasteiger partial charge in [-0.15, -0.1) is 11.3 Å². The van der Waals surface area contributed by atoms with E-state index in [-0.39, 0.29) is 11.8 Å². The molecule has 0 unspecified atom stereocenters. The molecule has 7 heteroatoms. The highest BCUT2D eigenvalue weighted by Crippen LogP contribution is 2.22. The van der Waals surface area contributed by atoms with Crippen molar-refractivity contribution in [1.82, 2.24) is 9.80 Å². The van der Waals surface area contributed by atoms with Crippen LogP contribution in [-0.2, 0) is 11.3 Å². The average molecular weight is 388 g/mol. The summed E-state index contributed by atoms with van der Waals surface area (Å²) in [6, 6.07) is 9.13. The first-order chi connectivity index (χ1) is 13.1. The molecule has 27 heavy (non-hydrogen) atoms. The second kappa shape index (κ2) is 9.01. The molecule has 0 radical (unpaired) electrons. The molecule has 1 aliphatic heterocycles. The van der Waals surface area contributed by atoms with Crippen molar-refractivity contribution >= 4 is 23.2 Å². The Balaban J connectivity index is 1.64. The summed E-state index contributed by atoms with van der Waals surface area (Å²) in [4.78, 5) is 29.6. The van der Waals surface area contributed by atoms with E-state index in [9.17, 15) is 9.59 Å². The van der Waals surface area contributed by atoms with Crippen LogP contribution < -0.4 is 4.74 Å². The van der Waals surface area contributed by atoms with Crippen LogP contribution in [0.25, 0.3) is 0 Å². The van der Waals surface area contributed by atoms with E-state index in [4.69, 9.17) is 9.47 Å². The Hall–Kier alpha value is -2.38. The number of carbonyl (C=O) groups is 2. The molecule has 0 spiro atoms. The van der Waals surface area contributed by atoms with Gasteiger partial charge in [-0.2, -0.15) is 0 Å². The molecule has 144 valence electrons. The quantitative estimate of drug-likeness (QED) is 0.764. The second-order valence-electron chi connectivity index (χ2n) is 6.23. The van der Waals surface area contributed by atoms with Gasteiger partial charge < -0.3 is 19.3 Å². The van der Waals surface area contributed by atoms with Crippen molar-refractivity contribution in [3.63, 3.8) is 0 Å². The van der Waals surface area contributed by atoms with Crippen molar-refractivity contribution in [3.05, 3.63) is 51.7 Å². The zero-order valence-electron chi connectivity index (χ0n) is 15.6. The molecule has 3 rings (SSSR count). The van der Waals surface area contributed by atoms with Gasteiger partial charge in [0.2, 0.25) is 0 Å². The highest BCUT2D eigenvalue weighted by atomic mass is 32.1. The summed E-state index contributed by atoms with van der Waals surface area (Å²) in [6.45, 7) is 5.09. The molecule has 0 N–H and O–H groups in total. The summed E-state index contributed by atoms with van der Waals surface area (Å²) in [5, 5.41) is 1.90. The molecule has 1 saturated heterocycles. The molecule has 0 atom stereocenters. The third-order valence-electron chi connectivity index (χ3n) is 4.58. The third-order valence-corrected chi connectivity index (χ3v) is 5.43. The van der Waals surface area contributed by atoms with Gasteiger partial charge in [-0.3, -0.25) is 9.59 Å². The fourth-order valence-electron chi connectivity index (χ4n) is 3.09. The highest BCUT2D eigenvalue weighted by Gasteiger charge is 2.26. The molecule has 0 bridgehead atoms. The van der Waals surface area contributed by atoms with Gasteiger partial charge in [0, 0.05) is 43.9 Å². The van der Waals surface area contributed by atoms with E-state index in [1.165, 1.54) is 11.3 Å². The number of rotatable bonds is 6. The Morgan fingerprint density at radius 3 is 2.37 bits per heavy atom. The fourth-order valence-corrected chi connectivity index (χ4v) is 3.78. The minimum absolute atomic E-state index is 0.0291. The number of carbonyl (C=O) groups excluding carboxylic acids is 2. The average Bonchev–Trinajstić information content (AvgIpc) is 3.26. The topological polar surface area (TPSA) is 59.1 Å².